The minimum Gasteiger partial charge on any atom is -0.372 e. The average molecular weight is 789 g/mol. The smallest absolute Gasteiger partial charge is 0.289 e. The van der Waals surface area contributed by atoms with Crippen molar-refractivity contribution in [2.75, 3.05) is 25.9 Å². The maximum atomic E-state index is 14.2. The molecule has 5 N–H and O–H groups in total. The zero-order valence-electron chi connectivity index (χ0n) is 29.6. The van der Waals surface area contributed by atoms with E-state index in [1.807, 2.05) is 42.5 Å². The van der Waals surface area contributed by atoms with Crippen LogP contribution in [0.25, 0.3) is 0 Å². The van der Waals surface area contributed by atoms with Gasteiger partial charge >= 0.3 is 0 Å². The number of hydrogen-bond acceptors (Lipinski definition) is 8. The number of rotatable bonds is 20. The van der Waals surface area contributed by atoms with Crippen molar-refractivity contribution < 1.29 is 32.3 Å². The Labute approximate surface area is 321 Å². The molecule has 3 aromatic rings. The van der Waals surface area contributed by atoms with E-state index >= 15 is 0 Å². The predicted molar refractivity (Wildman–Crippen MR) is 205 cm³/mol. The van der Waals surface area contributed by atoms with Gasteiger partial charge in [-0.1, -0.05) is 83.9 Å². The summed E-state index contributed by atoms with van der Waals surface area (Å²) in [5.74, 6) is -2.96. The average Bonchev–Trinajstić information content (AvgIpc) is 3.57. The van der Waals surface area contributed by atoms with Gasteiger partial charge in [-0.2, -0.15) is 0 Å². The molecule has 0 spiro atoms. The van der Waals surface area contributed by atoms with Crippen molar-refractivity contribution >= 4 is 56.7 Å². The van der Waals surface area contributed by atoms with Crippen molar-refractivity contribution in [1.82, 2.24) is 20.3 Å². The van der Waals surface area contributed by atoms with E-state index in [2.05, 4.69) is 15.4 Å². The molecule has 0 aromatic heterocycles. The highest BCUT2D eigenvalue weighted by Crippen LogP contribution is 2.25. The molecular weight excluding hydrogens is 741 g/mol. The number of benzene rings is 3. The highest BCUT2D eigenvalue weighted by atomic mass is 35.5. The topological polar surface area (TPSA) is 177 Å². The summed E-state index contributed by atoms with van der Waals surface area (Å²) in [5.41, 5.74) is 8.23. The summed E-state index contributed by atoms with van der Waals surface area (Å²) in [7, 11) is -3.83. The van der Waals surface area contributed by atoms with Crippen LogP contribution in [0.5, 0.6) is 0 Å². The molecule has 1 aliphatic heterocycles. The van der Waals surface area contributed by atoms with Gasteiger partial charge in [0.15, 0.2) is 0 Å². The lowest BCUT2D eigenvalue weighted by molar-refractivity contribution is -0.142. The summed E-state index contributed by atoms with van der Waals surface area (Å²) in [6, 6.07) is 20.1. The van der Waals surface area contributed by atoms with Gasteiger partial charge in [-0.3, -0.25) is 19.2 Å². The van der Waals surface area contributed by atoms with Crippen LogP contribution < -0.4 is 21.1 Å². The van der Waals surface area contributed by atoms with Gasteiger partial charge in [-0.15, -0.1) is 0 Å². The Hall–Kier alpha value is -3.85. The Kier molecular flexibility index (Phi) is 16.3. The van der Waals surface area contributed by atoms with E-state index in [1.165, 1.54) is 4.90 Å². The Bertz CT molecular complexity index is 1800. The molecule has 15 heteroatoms. The number of Topliss-reactive ketones (excluding diaryl/α,β-unsaturated/α-hetero) is 1. The molecule has 4 atom stereocenters. The van der Waals surface area contributed by atoms with Gasteiger partial charge in [0.25, 0.3) is 5.91 Å². The van der Waals surface area contributed by atoms with Crippen molar-refractivity contribution in [2.45, 2.75) is 75.8 Å². The van der Waals surface area contributed by atoms with Crippen LogP contribution >= 0.6 is 23.2 Å². The summed E-state index contributed by atoms with van der Waals surface area (Å²) >= 11 is 12.3. The lowest BCUT2D eigenvalue weighted by Gasteiger charge is -2.29. The first-order valence-corrected chi connectivity index (χ1v) is 20.2. The van der Waals surface area contributed by atoms with Crippen molar-refractivity contribution in [3.05, 3.63) is 106 Å². The number of ether oxygens (including phenoxy) is 1. The molecule has 0 unspecified atom stereocenters. The number of halogens is 2. The maximum Gasteiger partial charge on any atom is 0.289 e. The molecule has 0 radical (unpaired) electrons. The molecule has 0 bridgehead atoms. The van der Waals surface area contributed by atoms with E-state index in [-0.39, 0.29) is 39.0 Å². The van der Waals surface area contributed by atoms with Crippen molar-refractivity contribution in [3.8, 4) is 0 Å². The lowest BCUT2D eigenvalue weighted by atomic mass is 10.0. The second-order valence-corrected chi connectivity index (χ2v) is 15.7. The number of nitrogens with two attached hydrogens (primary N) is 1. The number of carbonyl (C=O) groups is 4. The van der Waals surface area contributed by atoms with Crippen LogP contribution in [0.2, 0.25) is 10.0 Å². The minimum atomic E-state index is -3.83. The monoisotopic (exact) mass is 787 g/mol. The van der Waals surface area contributed by atoms with Gasteiger partial charge < -0.3 is 26.0 Å². The van der Waals surface area contributed by atoms with E-state index in [9.17, 15) is 27.6 Å². The van der Waals surface area contributed by atoms with Crippen LogP contribution in [0.3, 0.4) is 0 Å². The van der Waals surface area contributed by atoms with Gasteiger partial charge in [0.05, 0.1) is 25.0 Å². The zero-order chi connectivity index (χ0) is 38.4. The van der Waals surface area contributed by atoms with Crippen LogP contribution in [0, 0.1) is 0 Å². The number of aryl methyl sites for hydroxylation is 1. The van der Waals surface area contributed by atoms with E-state index in [0.717, 1.165) is 22.9 Å². The van der Waals surface area contributed by atoms with E-state index < -0.39 is 57.8 Å². The summed E-state index contributed by atoms with van der Waals surface area (Å²) in [6.07, 6.45) is 2.53. The first kappa shape index (κ1) is 41.9. The van der Waals surface area contributed by atoms with Gasteiger partial charge in [-0.25, -0.2) is 13.1 Å². The molecule has 53 heavy (non-hydrogen) atoms. The number of hydrogen-bond donors (Lipinski definition) is 4. The zero-order valence-corrected chi connectivity index (χ0v) is 32.0. The van der Waals surface area contributed by atoms with Crippen molar-refractivity contribution in [3.63, 3.8) is 0 Å². The van der Waals surface area contributed by atoms with Crippen molar-refractivity contribution in [1.29, 1.82) is 0 Å². The molecule has 0 aliphatic carbocycles. The van der Waals surface area contributed by atoms with E-state index in [4.69, 9.17) is 33.7 Å². The minimum absolute atomic E-state index is 0.00783. The number of amides is 3. The fourth-order valence-corrected chi connectivity index (χ4v) is 7.23. The number of likely N-dealkylation sites (tertiary alicyclic amines) is 1. The molecule has 0 saturated carbocycles. The molecule has 1 saturated heterocycles. The SMILES string of the molecule is CS(=O)(=O)N[C@H](CCc1ccccc1)C(=O)N1C[C@H](OCc2ccc(Cl)cc2)C[C@H]1C(=O)N[C@@H](CCCCN)C(=O)C(=O)NCCc1ccccc1Cl. The molecule has 4 rings (SSSR count). The molecule has 286 valence electrons. The van der Waals surface area contributed by atoms with Crippen LogP contribution in [-0.2, 0) is 53.4 Å². The number of unbranched alkanes of at least 4 members (excludes halogenated alkanes) is 1. The Morgan fingerprint density at radius 1 is 0.887 bits per heavy atom. The standard InChI is InChI=1S/C38H47Cl2N5O7S/c1-53(50,51)44-33(19-16-26-9-3-2-4-10-26)38(49)45-24-30(52-25-27-14-17-29(39)18-15-27)23-34(45)36(47)43-32(13-7-8-21-41)35(46)37(48)42-22-20-28-11-5-6-12-31(28)40/h2-6,9-12,14-15,17-18,30,32-34,44H,7-8,13,16,19-25,41H2,1H3,(H,42,48)(H,43,47)/t30-,32+,33-,34+/m1/s1. The molecule has 1 aliphatic rings. The molecule has 3 aromatic carbocycles. The highest BCUT2D eigenvalue weighted by molar-refractivity contribution is 7.88. The van der Waals surface area contributed by atoms with Crippen molar-refractivity contribution in [2.24, 2.45) is 5.73 Å². The predicted octanol–water partition coefficient (Wildman–Crippen LogP) is 3.57. The Morgan fingerprint density at radius 3 is 2.26 bits per heavy atom. The number of nitrogens with zero attached hydrogens (tertiary/aromatic N) is 1. The van der Waals surface area contributed by atoms with Crippen LogP contribution in [0.1, 0.15) is 48.8 Å². The van der Waals surface area contributed by atoms with E-state index in [0.29, 0.717) is 42.3 Å². The van der Waals surface area contributed by atoms with Gasteiger partial charge in [0.2, 0.25) is 27.6 Å². The largest absolute Gasteiger partial charge is 0.372 e. The number of ketones is 1. The maximum absolute atomic E-state index is 14.2. The number of carbonyl (C=O) groups excluding carboxylic acids is 4. The summed E-state index contributed by atoms with van der Waals surface area (Å²) in [6.45, 7) is 0.666. The quantitative estimate of drug-likeness (QED) is 0.0993. The fourth-order valence-electron chi connectivity index (χ4n) is 6.14. The van der Waals surface area contributed by atoms with Gasteiger partial charge in [-0.05, 0) is 80.0 Å². The first-order valence-electron chi connectivity index (χ1n) is 17.6. The second kappa shape index (κ2) is 20.6. The molecule has 12 nitrogen and oxygen atoms in total. The third-order valence-corrected chi connectivity index (χ3v) is 10.2. The molecule has 1 fully saturated rings. The number of sulfonamides is 1. The fraction of sp³-hybridized carbons (Fsp3) is 0.421. The Balaban J connectivity index is 1.52. The molecule has 3 amide bonds. The highest BCUT2D eigenvalue weighted by Gasteiger charge is 2.43. The Morgan fingerprint density at radius 2 is 1.58 bits per heavy atom. The summed E-state index contributed by atoms with van der Waals surface area (Å²) < 4.78 is 33.5. The molecular formula is C38H47Cl2N5O7S. The first-order chi connectivity index (χ1) is 25.3. The molecule has 1 heterocycles. The van der Waals surface area contributed by atoms with Gasteiger partial charge in [0.1, 0.15) is 12.1 Å². The summed E-state index contributed by atoms with van der Waals surface area (Å²) in [4.78, 5) is 56.1. The van der Waals surface area contributed by atoms with Crippen LogP contribution in [-0.4, -0.2) is 86.9 Å². The normalized spacial score (nSPS) is 16.9. The third kappa shape index (κ3) is 13.5. The van der Waals surface area contributed by atoms with E-state index in [1.54, 1.807) is 36.4 Å². The van der Waals surface area contributed by atoms with Gasteiger partial charge in [0, 0.05) is 29.6 Å². The third-order valence-electron chi connectivity index (χ3n) is 8.91. The lowest BCUT2D eigenvalue weighted by Crippen LogP contribution is -2.56. The van der Waals surface area contributed by atoms with Crippen LogP contribution in [0.4, 0.5) is 0 Å². The second-order valence-electron chi connectivity index (χ2n) is 13.1. The number of nitrogens with one attached hydrogen (secondary N) is 3. The summed E-state index contributed by atoms with van der Waals surface area (Å²) in [5, 5.41) is 6.46. The van der Waals surface area contributed by atoms with Crippen LogP contribution in [0.15, 0.2) is 78.9 Å².